The summed E-state index contributed by atoms with van der Waals surface area (Å²) < 4.78 is 5.44. The maximum absolute atomic E-state index is 12.2. The molecule has 1 fully saturated rings. The molecule has 1 aliphatic rings. The van der Waals surface area contributed by atoms with Gasteiger partial charge < -0.3 is 20.3 Å². The van der Waals surface area contributed by atoms with Crippen molar-refractivity contribution >= 4 is 17.4 Å². The number of ether oxygens (including phenoxy) is 1. The summed E-state index contributed by atoms with van der Waals surface area (Å²) in [4.78, 5) is 16.6. The van der Waals surface area contributed by atoms with Crippen LogP contribution in [0.3, 0.4) is 0 Å². The van der Waals surface area contributed by atoms with Gasteiger partial charge in [0.05, 0.1) is 6.61 Å². The molecule has 0 aromatic heterocycles. The number of nitrogens with one attached hydrogen (secondary N) is 2. The van der Waals surface area contributed by atoms with Crippen molar-refractivity contribution in [3.05, 3.63) is 23.3 Å². The predicted molar refractivity (Wildman–Crippen MR) is 99.1 cm³/mol. The van der Waals surface area contributed by atoms with Crippen LogP contribution in [0.15, 0.2) is 12.1 Å². The molecule has 24 heavy (non-hydrogen) atoms. The number of rotatable bonds is 5. The van der Waals surface area contributed by atoms with E-state index in [1.165, 1.54) is 0 Å². The Morgan fingerprint density at radius 2 is 1.92 bits per heavy atom. The van der Waals surface area contributed by atoms with Gasteiger partial charge in [-0.3, -0.25) is 4.90 Å². The Morgan fingerprint density at radius 1 is 1.21 bits per heavy atom. The van der Waals surface area contributed by atoms with E-state index < -0.39 is 0 Å². The molecule has 6 nitrogen and oxygen atoms in total. The van der Waals surface area contributed by atoms with Gasteiger partial charge in [0.1, 0.15) is 0 Å². The second-order valence-electron chi connectivity index (χ2n) is 6.54. The van der Waals surface area contributed by atoms with Crippen LogP contribution in [0.5, 0.6) is 0 Å². The monoisotopic (exact) mass is 334 g/mol. The van der Waals surface area contributed by atoms with Crippen LogP contribution < -0.4 is 15.5 Å². The van der Waals surface area contributed by atoms with Gasteiger partial charge >= 0.3 is 6.03 Å². The van der Waals surface area contributed by atoms with E-state index in [2.05, 4.69) is 32.6 Å². The summed E-state index contributed by atoms with van der Waals surface area (Å²) in [6.45, 7) is 9.13. The molecule has 0 atom stereocenters. The van der Waals surface area contributed by atoms with Gasteiger partial charge in [-0.25, -0.2) is 4.79 Å². The molecule has 1 heterocycles. The van der Waals surface area contributed by atoms with Crippen LogP contribution in [0.4, 0.5) is 16.2 Å². The summed E-state index contributed by atoms with van der Waals surface area (Å²) in [6, 6.07) is 4.02. The Bertz CT molecular complexity index is 529. The molecule has 1 aromatic carbocycles. The molecule has 6 heteroatoms. The Morgan fingerprint density at radius 3 is 2.58 bits per heavy atom. The van der Waals surface area contributed by atoms with E-state index in [0.29, 0.717) is 6.54 Å². The van der Waals surface area contributed by atoms with Crippen molar-refractivity contribution < 1.29 is 9.53 Å². The molecule has 0 bridgehead atoms. The van der Waals surface area contributed by atoms with Gasteiger partial charge in [0.15, 0.2) is 0 Å². The SMILES string of the molecule is Cc1cc(N(C)C)cc(C)c1NC(=O)NCCN1CCCOCC1. The Hall–Kier alpha value is -1.79. The number of anilines is 2. The fourth-order valence-electron chi connectivity index (χ4n) is 2.90. The fraction of sp³-hybridized carbons (Fsp3) is 0.611. The first-order chi connectivity index (χ1) is 11.5. The second kappa shape index (κ2) is 8.89. The van der Waals surface area contributed by atoms with Gasteiger partial charge in [-0.2, -0.15) is 0 Å². The van der Waals surface area contributed by atoms with Crippen molar-refractivity contribution in [3.8, 4) is 0 Å². The van der Waals surface area contributed by atoms with Gasteiger partial charge in [0.2, 0.25) is 0 Å². The van der Waals surface area contributed by atoms with Gasteiger partial charge in [-0.05, 0) is 43.5 Å². The highest BCUT2D eigenvalue weighted by Gasteiger charge is 2.11. The van der Waals surface area contributed by atoms with E-state index in [1.807, 2.05) is 27.9 Å². The van der Waals surface area contributed by atoms with E-state index >= 15 is 0 Å². The van der Waals surface area contributed by atoms with Crippen molar-refractivity contribution in [3.63, 3.8) is 0 Å². The first-order valence-electron chi connectivity index (χ1n) is 8.61. The highest BCUT2D eigenvalue weighted by Crippen LogP contribution is 2.26. The lowest BCUT2D eigenvalue weighted by Crippen LogP contribution is -2.38. The Labute approximate surface area is 145 Å². The average Bonchev–Trinajstić information content (AvgIpc) is 2.79. The van der Waals surface area contributed by atoms with Crippen molar-refractivity contribution in [1.29, 1.82) is 0 Å². The van der Waals surface area contributed by atoms with Gasteiger partial charge in [0.25, 0.3) is 0 Å². The topological polar surface area (TPSA) is 56.8 Å². The molecule has 2 rings (SSSR count). The molecule has 0 unspecified atom stereocenters. The second-order valence-corrected chi connectivity index (χ2v) is 6.54. The first kappa shape index (κ1) is 18.5. The van der Waals surface area contributed by atoms with Crippen LogP contribution in [-0.2, 0) is 4.74 Å². The molecule has 0 aliphatic carbocycles. The molecule has 1 saturated heterocycles. The minimum atomic E-state index is -0.148. The molecular formula is C18H30N4O2. The molecule has 2 N–H and O–H groups in total. The molecule has 1 aromatic rings. The summed E-state index contributed by atoms with van der Waals surface area (Å²) in [5.74, 6) is 0. The third-order valence-electron chi connectivity index (χ3n) is 4.30. The van der Waals surface area contributed by atoms with Crippen LogP contribution in [-0.4, -0.2) is 64.4 Å². The highest BCUT2D eigenvalue weighted by atomic mass is 16.5. The summed E-state index contributed by atoms with van der Waals surface area (Å²) in [5, 5.41) is 5.93. The van der Waals surface area contributed by atoms with Gasteiger partial charge in [-0.1, -0.05) is 0 Å². The number of hydrogen-bond donors (Lipinski definition) is 2. The molecule has 134 valence electrons. The van der Waals surface area contributed by atoms with E-state index in [1.54, 1.807) is 0 Å². The lowest BCUT2D eigenvalue weighted by atomic mass is 10.1. The largest absolute Gasteiger partial charge is 0.380 e. The lowest BCUT2D eigenvalue weighted by Gasteiger charge is -2.20. The van der Waals surface area contributed by atoms with Crippen molar-refractivity contribution in [1.82, 2.24) is 10.2 Å². The zero-order valence-corrected chi connectivity index (χ0v) is 15.3. The summed E-state index contributed by atoms with van der Waals surface area (Å²) in [5.41, 5.74) is 4.16. The number of aryl methyl sites for hydroxylation is 2. The minimum absolute atomic E-state index is 0.148. The van der Waals surface area contributed by atoms with E-state index in [-0.39, 0.29) is 6.03 Å². The number of carbonyl (C=O) groups is 1. The van der Waals surface area contributed by atoms with Crippen molar-refractivity contribution in [2.45, 2.75) is 20.3 Å². The third kappa shape index (κ3) is 5.39. The van der Waals surface area contributed by atoms with Crippen LogP contribution >= 0.6 is 0 Å². The zero-order valence-electron chi connectivity index (χ0n) is 15.3. The van der Waals surface area contributed by atoms with Gasteiger partial charge in [0, 0.05) is 58.3 Å². The predicted octanol–water partition coefficient (Wildman–Crippen LogP) is 2.21. The van der Waals surface area contributed by atoms with E-state index in [0.717, 1.165) is 61.8 Å². The Balaban J connectivity index is 1.83. The third-order valence-corrected chi connectivity index (χ3v) is 4.30. The maximum atomic E-state index is 12.2. The summed E-state index contributed by atoms with van der Waals surface area (Å²) >= 11 is 0. The van der Waals surface area contributed by atoms with Crippen LogP contribution in [0.2, 0.25) is 0 Å². The quantitative estimate of drug-likeness (QED) is 0.867. The molecule has 1 aliphatic heterocycles. The maximum Gasteiger partial charge on any atom is 0.319 e. The number of benzene rings is 1. The van der Waals surface area contributed by atoms with Crippen molar-refractivity contribution in [2.24, 2.45) is 0 Å². The Kier molecular flexibility index (Phi) is 6.87. The minimum Gasteiger partial charge on any atom is -0.380 e. The standard InChI is InChI=1S/C18H30N4O2/c1-14-12-16(21(3)4)13-15(2)17(14)20-18(23)19-6-8-22-7-5-10-24-11-9-22/h12-13H,5-11H2,1-4H3,(H2,19,20,23). The van der Waals surface area contributed by atoms with Crippen molar-refractivity contribution in [2.75, 3.05) is 63.7 Å². The number of urea groups is 1. The van der Waals surface area contributed by atoms with Crippen LogP contribution in [0.1, 0.15) is 17.5 Å². The first-order valence-corrected chi connectivity index (χ1v) is 8.61. The zero-order chi connectivity index (χ0) is 17.5. The molecule has 0 saturated carbocycles. The normalized spacial score (nSPS) is 15.7. The average molecular weight is 334 g/mol. The van der Waals surface area contributed by atoms with Crippen LogP contribution in [0, 0.1) is 13.8 Å². The van der Waals surface area contributed by atoms with Gasteiger partial charge in [-0.15, -0.1) is 0 Å². The molecular weight excluding hydrogens is 304 g/mol. The number of nitrogens with zero attached hydrogens (tertiary/aromatic N) is 2. The summed E-state index contributed by atoms with van der Waals surface area (Å²) in [7, 11) is 4.03. The molecule has 0 spiro atoms. The number of carbonyl (C=O) groups excluding carboxylic acids is 1. The lowest BCUT2D eigenvalue weighted by molar-refractivity contribution is 0.141. The van der Waals surface area contributed by atoms with E-state index in [4.69, 9.17) is 4.74 Å². The number of amides is 2. The smallest absolute Gasteiger partial charge is 0.319 e. The molecule has 0 radical (unpaired) electrons. The molecule has 2 amide bonds. The van der Waals surface area contributed by atoms with E-state index in [9.17, 15) is 4.79 Å². The highest BCUT2D eigenvalue weighted by molar-refractivity contribution is 5.91. The fourth-order valence-corrected chi connectivity index (χ4v) is 2.90. The number of hydrogen-bond acceptors (Lipinski definition) is 4. The summed E-state index contributed by atoms with van der Waals surface area (Å²) in [6.07, 6.45) is 1.06. The van der Waals surface area contributed by atoms with Crippen LogP contribution in [0.25, 0.3) is 0 Å².